The van der Waals surface area contributed by atoms with Crippen molar-refractivity contribution in [1.29, 1.82) is 0 Å². The van der Waals surface area contributed by atoms with Gasteiger partial charge in [0.2, 0.25) is 11.7 Å². The first-order chi connectivity index (χ1) is 12.9. The molecular weight excluding hydrogens is 368 g/mol. The highest BCUT2D eigenvalue weighted by Gasteiger charge is 2.14. The molecule has 1 amide bonds. The lowest BCUT2D eigenvalue weighted by atomic mass is 10.1. The van der Waals surface area contributed by atoms with Gasteiger partial charge in [0.25, 0.3) is 0 Å². The molecule has 0 bridgehead atoms. The minimum Gasteiger partial charge on any atom is -0.495 e. The number of rotatable bonds is 8. The number of ether oxygens (including phenoxy) is 1. The number of carboxylic acids is 1. The normalized spacial score (nSPS) is 10.3. The fraction of sp³-hybridized carbons (Fsp3) is 0.316. The van der Waals surface area contributed by atoms with E-state index in [0.29, 0.717) is 29.2 Å². The number of unbranched alkanes of at least 4 members (excludes halogenated alkanes) is 2. The lowest BCUT2D eigenvalue weighted by Crippen LogP contribution is -2.34. The maximum absolute atomic E-state index is 11.9. The van der Waals surface area contributed by atoms with Crippen molar-refractivity contribution in [3.8, 4) is 17.1 Å². The molecule has 1 aromatic carbocycles. The summed E-state index contributed by atoms with van der Waals surface area (Å²) in [5.41, 5.74) is 1.17. The van der Waals surface area contributed by atoms with Gasteiger partial charge in [0.1, 0.15) is 11.5 Å². The minimum absolute atomic E-state index is 0.145. The van der Waals surface area contributed by atoms with Crippen LogP contribution < -0.4 is 15.4 Å². The zero-order chi connectivity index (χ0) is 19.8. The molecule has 2 aromatic rings. The highest BCUT2D eigenvalue weighted by atomic mass is 32.1. The predicted molar refractivity (Wildman–Crippen MR) is 106 cm³/mol. The maximum Gasteiger partial charge on any atom is 0.371 e. The third-order valence-corrected chi connectivity index (χ3v) is 4.01. The Labute approximate surface area is 162 Å². The number of anilines is 1. The monoisotopic (exact) mass is 390 g/mol. The molecule has 0 aliphatic carbocycles. The summed E-state index contributed by atoms with van der Waals surface area (Å²) >= 11 is 5.20. The van der Waals surface area contributed by atoms with Crippen molar-refractivity contribution in [3.63, 3.8) is 0 Å². The Kier molecular flexibility index (Phi) is 7.36. The van der Waals surface area contributed by atoms with E-state index in [1.165, 1.54) is 13.2 Å². The van der Waals surface area contributed by atoms with E-state index in [1.807, 2.05) is 0 Å². The number of thiocarbonyl (C=S) groups is 1. The van der Waals surface area contributed by atoms with Crippen LogP contribution >= 0.6 is 12.2 Å². The third-order valence-electron chi connectivity index (χ3n) is 3.81. The average molecular weight is 390 g/mol. The van der Waals surface area contributed by atoms with E-state index >= 15 is 0 Å². The molecule has 7 nitrogen and oxygen atoms in total. The zero-order valence-corrected chi connectivity index (χ0v) is 16.0. The van der Waals surface area contributed by atoms with Gasteiger partial charge in [0.15, 0.2) is 5.11 Å². The van der Waals surface area contributed by atoms with Crippen LogP contribution in [0.5, 0.6) is 5.75 Å². The van der Waals surface area contributed by atoms with Gasteiger partial charge in [-0.3, -0.25) is 4.79 Å². The molecule has 0 atom stereocenters. The van der Waals surface area contributed by atoms with Gasteiger partial charge in [0.05, 0.1) is 12.8 Å². The number of benzene rings is 1. The van der Waals surface area contributed by atoms with Gasteiger partial charge in [-0.05, 0) is 49.0 Å². The molecule has 144 valence electrons. The van der Waals surface area contributed by atoms with E-state index in [2.05, 4.69) is 17.6 Å². The Morgan fingerprint density at radius 2 is 2.00 bits per heavy atom. The molecule has 0 aliphatic rings. The van der Waals surface area contributed by atoms with E-state index in [9.17, 15) is 9.59 Å². The van der Waals surface area contributed by atoms with Gasteiger partial charge in [0, 0.05) is 12.0 Å². The first-order valence-electron chi connectivity index (χ1n) is 8.57. The van der Waals surface area contributed by atoms with Crippen LogP contribution in [0.2, 0.25) is 0 Å². The lowest BCUT2D eigenvalue weighted by molar-refractivity contribution is -0.119. The summed E-state index contributed by atoms with van der Waals surface area (Å²) in [4.78, 5) is 22.9. The molecule has 0 spiro atoms. The second-order valence-electron chi connectivity index (χ2n) is 5.84. The molecule has 27 heavy (non-hydrogen) atoms. The van der Waals surface area contributed by atoms with Crippen LogP contribution in [-0.4, -0.2) is 29.2 Å². The molecule has 0 saturated heterocycles. The molecule has 2 rings (SSSR count). The van der Waals surface area contributed by atoms with Crippen molar-refractivity contribution in [2.75, 3.05) is 12.4 Å². The fourth-order valence-electron chi connectivity index (χ4n) is 2.45. The van der Waals surface area contributed by atoms with E-state index in [4.69, 9.17) is 26.5 Å². The summed E-state index contributed by atoms with van der Waals surface area (Å²) < 4.78 is 10.6. The van der Waals surface area contributed by atoms with Crippen LogP contribution in [0.15, 0.2) is 34.7 Å². The summed E-state index contributed by atoms with van der Waals surface area (Å²) in [6.45, 7) is 2.07. The number of nitrogens with one attached hydrogen (secondary N) is 2. The third kappa shape index (κ3) is 5.82. The predicted octanol–water partition coefficient (Wildman–Crippen LogP) is 4.05. The highest BCUT2D eigenvalue weighted by Crippen LogP contribution is 2.31. The Morgan fingerprint density at radius 1 is 1.22 bits per heavy atom. The van der Waals surface area contributed by atoms with Crippen molar-refractivity contribution in [3.05, 3.63) is 36.1 Å². The van der Waals surface area contributed by atoms with Crippen LogP contribution in [0.1, 0.15) is 43.2 Å². The van der Waals surface area contributed by atoms with E-state index in [1.54, 1.807) is 24.3 Å². The van der Waals surface area contributed by atoms with E-state index in [0.717, 1.165) is 19.3 Å². The number of aromatic carboxylic acids is 1. The number of carbonyl (C=O) groups is 2. The largest absolute Gasteiger partial charge is 0.495 e. The molecule has 0 unspecified atom stereocenters. The second-order valence-corrected chi connectivity index (χ2v) is 6.25. The molecule has 0 fully saturated rings. The molecule has 1 heterocycles. The van der Waals surface area contributed by atoms with Crippen molar-refractivity contribution < 1.29 is 23.8 Å². The lowest BCUT2D eigenvalue weighted by Gasteiger charge is -2.14. The van der Waals surface area contributed by atoms with Crippen LogP contribution in [0.25, 0.3) is 11.3 Å². The van der Waals surface area contributed by atoms with Gasteiger partial charge >= 0.3 is 5.97 Å². The molecule has 3 N–H and O–H groups in total. The Hall–Kier alpha value is -2.87. The first-order valence-corrected chi connectivity index (χ1v) is 8.97. The summed E-state index contributed by atoms with van der Waals surface area (Å²) in [5.74, 6) is -0.516. The molecule has 1 aromatic heterocycles. The number of methoxy groups -OCH3 is 1. The number of carbonyl (C=O) groups excluding carboxylic acids is 1. The quantitative estimate of drug-likeness (QED) is 0.462. The van der Waals surface area contributed by atoms with Gasteiger partial charge < -0.3 is 24.9 Å². The molecule has 0 radical (unpaired) electrons. The average Bonchev–Trinajstić information content (AvgIpc) is 3.12. The Bertz CT molecular complexity index is 831. The van der Waals surface area contributed by atoms with Crippen molar-refractivity contribution >= 4 is 34.9 Å². The summed E-state index contributed by atoms with van der Waals surface area (Å²) in [7, 11) is 1.52. The minimum atomic E-state index is -1.14. The van der Waals surface area contributed by atoms with Crippen LogP contribution in [0, 0.1) is 0 Å². The highest BCUT2D eigenvalue weighted by molar-refractivity contribution is 7.80. The van der Waals surface area contributed by atoms with Crippen LogP contribution in [0.3, 0.4) is 0 Å². The molecule has 8 heteroatoms. The van der Waals surface area contributed by atoms with E-state index < -0.39 is 5.97 Å². The number of hydrogen-bond donors (Lipinski definition) is 3. The van der Waals surface area contributed by atoms with Crippen molar-refractivity contribution in [1.82, 2.24) is 5.32 Å². The van der Waals surface area contributed by atoms with Gasteiger partial charge in [-0.1, -0.05) is 19.8 Å². The summed E-state index contributed by atoms with van der Waals surface area (Å²) in [6.07, 6.45) is 3.26. The maximum atomic E-state index is 11.9. The molecule has 0 aliphatic heterocycles. The SMILES string of the molecule is CCCCCC(=O)NC(=S)Nc1cc(-c2ccc(C(=O)O)o2)ccc1OC. The van der Waals surface area contributed by atoms with Crippen LogP contribution in [-0.2, 0) is 4.79 Å². The van der Waals surface area contributed by atoms with Crippen molar-refractivity contribution in [2.45, 2.75) is 32.6 Å². The number of hydrogen-bond acceptors (Lipinski definition) is 5. The second kappa shape index (κ2) is 9.72. The first kappa shape index (κ1) is 20.4. The van der Waals surface area contributed by atoms with Crippen LogP contribution in [0.4, 0.5) is 5.69 Å². The Morgan fingerprint density at radius 3 is 2.63 bits per heavy atom. The van der Waals surface area contributed by atoms with E-state index in [-0.39, 0.29) is 16.8 Å². The molecular formula is C19H22N2O5S. The topological polar surface area (TPSA) is 101 Å². The van der Waals surface area contributed by atoms with Crippen molar-refractivity contribution in [2.24, 2.45) is 0 Å². The fourth-order valence-corrected chi connectivity index (χ4v) is 2.67. The summed E-state index contributed by atoms with van der Waals surface area (Å²) in [6, 6.07) is 8.10. The van der Waals surface area contributed by atoms with Gasteiger partial charge in [-0.15, -0.1) is 0 Å². The molecule has 0 saturated carbocycles. The number of amides is 1. The summed E-state index contributed by atoms with van der Waals surface area (Å²) in [5, 5.41) is 14.7. The smallest absolute Gasteiger partial charge is 0.371 e. The standard InChI is InChI=1S/C19H22N2O5S/c1-3-4-5-6-17(22)21-19(27)20-13-11-12(7-8-15(13)25-2)14-9-10-16(26-14)18(23)24/h7-11H,3-6H2,1-2H3,(H,23,24)(H2,20,21,22,27). The number of carboxylic acid groups (broad SMARTS) is 1. The zero-order valence-electron chi connectivity index (χ0n) is 15.2. The van der Waals surface area contributed by atoms with Gasteiger partial charge in [-0.2, -0.15) is 0 Å². The Balaban J connectivity index is 2.11. The van der Waals surface area contributed by atoms with Gasteiger partial charge in [-0.25, -0.2) is 4.79 Å². The number of furan rings is 1.